The molecule has 0 unspecified atom stereocenters. The summed E-state index contributed by atoms with van der Waals surface area (Å²) >= 11 is 1.48. The SMILES string of the molecule is Cc1ccc(C(=O)N2CCN(C(=O)c3nc(-c4cccs4)n(-c4ccc(F)cc4)n3)CC2)cc1. The molecule has 7 nitrogen and oxygen atoms in total. The second kappa shape index (κ2) is 9.18. The second-order valence-electron chi connectivity index (χ2n) is 8.07. The number of benzene rings is 2. The maximum Gasteiger partial charge on any atom is 0.293 e. The van der Waals surface area contributed by atoms with Crippen molar-refractivity contribution >= 4 is 23.2 Å². The molecule has 172 valence electrons. The normalized spacial score (nSPS) is 13.8. The van der Waals surface area contributed by atoms with Gasteiger partial charge in [-0.05, 0) is 54.8 Å². The van der Waals surface area contributed by atoms with E-state index in [9.17, 15) is 14.0 Å². The molecule has 0 aliphatic carbocycles. The Balaban J connectivity index is 1.34. The zero-order chi connectivity index (χ0) is 23.7. The number of carbonyl (C=O) groups excluding carboxylic acids is 2. The molecule has 2 aromatic carbocycles. The van der Waals surface area contributed by atoms with Crippen LogP contribution in [0.4, 0.5) is 4.39 Å². The van der Waals surface area contributed by atoms with Gasteiger partial charge >= 0.3 is 0 Å². The van der Waals surface area contributed by atoms with E-state index in [0.29, 0.717) is 43.3 Å². The summed E-state index contributed by atoms with van der Waals surface area (Å²) in [6, 6.07) is 17.2. The van der Waals surface area contributed by atoms with Gasteiger partial charge in [0.15, 0.2) is 5.82 Å². The third kappa shape index (κ3) is 4.34. The molecule has 1 fully saturated rings. The van der Waals surface area contributed by atoms with Crippen LogP contribution < -0.4 is 0 Å². The van der Waals surface area contributed by atoms with Crippen molar-refractivity contribution in [3.05, 3.63) is 88.8 Å². The minimum Gasteiger partial charge on any atom is -0.335 e. The minimum absolute atomic E-state index is 0.0363. The number of halogens is 1. The predicted octanol–water partition coefficient (Wildman–Crippen LogP) is 4.04. The number of aromatic nitrogens is 3. The maximum atomic E-state index is 13.4. The van der Waals surface area contributed by atoms with Crippen molar-refractivity contribution in [2.24, 2.45) is 0 Å². The van der Waals surface area contributed by atoms with Gasteiger partial charge in [-0.15, -0.1) is 16.4 Å². The van der Waals surface area contributed by atoms with Gasteiger partial charge in [0.05, 0.1) is 10.6 Å². The third-order valence-corrected chi connectivity index (χ3v) is 6.63. The standard InChI is InChI=1S/C25H22FN5O2S/c1-17-4-6-18(7-5-17)24(32)29-12-14-30(15-13-29)25(33)22-27-23(21-3-2-16-34-21)31(28-22)20-10-8-19(26)9-11-20/h2-11,16H,12-15H2,1H3. The van der Waals surface area contributed by atoms with Gasteiger partial charge in [0.1, 0.15) is 5.82 Å². The van der Waals surface area contributed by atoms with E-state index >= 15 is 0 Å². The topological polar surface area (TPSA) is 71.3 Å². The number of hydrogen-bond acceptors (Lipinski definition) is 5. The molecule has 0 bridgehead atoms. The zero-order valence-electron chi connectivity index (χ0n) is 18.5. The van der Waals surface area contributed by atoms with Crippen LogP contribution in [0.15, 0.2) is 66.0 Å². The van der Waals surface area contributed by atoms with E-state index < -0.39 is 0 Å². The van der Waals surface area contributed by atoms with E-state index in [2.05, 4.69) is 10.1 Å². The largest absolute Gasteiger partial charge is 0.335 e. The van der Waals surface area contributed by atoms with Crippen molar-refractivity contribution in [1.29, 1.82) is 0 Å². The van der Waals surface area contributed by atoms with Crippen molar-refractivity contribution in [2.45, 2.75) is 6.92 Å². The summed E-state index contributed by atoms with van der Waals surface area (Å²) in [5.74, 6) is -0.0769. The molecule has 34 heavy (non-hydrogen) atoms. The molecule has 1 saturated heterocycles. The lowest BCUT2D eigenvalue weighted by atomic mass is 10.1. The quantitative estimate of drug-likeness (QED) is 0.447. The first-order chi connectivity index (χ1) is 16.5. The number of hydrogen-bond donors (Lipinski definition) is 0. The fourth-order valence-corrected chi connectivity index (χ4v) is 4.56. The highest BCUT2D eigenvalue weighted by Crippen LogP contribution is 2.26. The van der Waals surface area contributed by atoms with Crippen LogP contribution in [0.3, 0.4) is 0 Å². The maximum absolute atomic E-state index is 13.4. The van der Waals surface area contributed by atoms with Gasteiger partial charge in [0.25, 0.3) is 11.8 Å². The first-order valence-electron chi connectivity index (χ1n) is 10.9. The fourth-order valence-electron chi connectivity index (χ4n) is 3.86. The van der Waals surface area contributed by atoms with Gasteiger partial charge in [0.2, 0.25) is 5.82 Å². The minimum atomic E-state index is -0.351. The van der Waals surface area contributed by atoms with E-state index in [4.69, 9.17) is 0 Å². The van der Waals surface area contributed by atoms with Gasteiger partial charge in [-0.3, -0.25) is 9.59 Å². The molecular formula is C25H22FN5O2S. The molecule has 1 aliphatic heterocycles. The van der Waals surface area contributed by atoms with Crippen molar-refractivity contribution in [1.82, 2.24) is 24.6 Å². The number of nitrogens with zero attached hydrogens (tertiary/aromatic N) is 5. The highest BCUT2D eigenvalue weighted by molar-refractivity contribution is 7.13. The molecule has 2 amide bonds. The van der Waals surface area contributed by atoms with Crippen LogP contribution in [0.2, 0.25) is 0 Å². The number of amides is 2. The molecule has 2 aromatic heterocycles. The Morgan fingerprint density at radius 3 is 2.15 bits per heavy atom. The van der Waals surface area contributed by atoms with E-state index in [1.165, 1.54) is 23.5 Å². The summed E-state index contributed by atoms with van der Waals surface area (Å²) in [4.78, 5) is 34.8. The molecule has 4 aromatic rings. The molecule has 9 heteroatoms. The highest BCUT2D eigenvalue weighted by Gasteiger charge is 2.29. The lowest BCUT2D eigenvalue weighted by molar-refractivity contribution is 0.0529. The van der Waals surface area contributed by atoms with Gasteiger partial charge in [-0.2, -0.15) is 0 Å². The average Bonchev–Trinajstić information content (AvgIpc) is 3.55. The van der Waals surface area contributed by atoms with Gasteiger partial charge in [0, 0.05) is 31.7 Å². The lowest BCUT2D eigenvalue weighted by Gasteiger charge is -2.34. The Kier molecular flexibility index (Phi) is 5.93. The van der Waals surface area contributed by atoms with Crippen LogP contribution in [0.5, 0.6) is 0 Å². The number of piperazine rings is 1. The average molecular weight is 476 g/mol. The number of aryl methyl sites for hydroxylation is 1. The van der Waals surface area contributed by atoms with Gasteiger partial charge in [-0.1, -0.05) is 23.8 Å². The summed E-state index contributed by atoms with van der Waals surface area (Å²) in [5, 5.41) is 6.39. The Hall–Kier alpha value is -3.85. The van der Waals surface area contributed by atoms with Crippen molar-refractivity contribution in [3.63, 3.8) is 0 Å². The van der Waals surface area contributed by atoms with Gasteiger partial charge in [-0.25, -0.2) is 14.1 Å². The lowest BCUT2D eigenvalue weighted by Crippen LogP contribution is -2.50. The summed E-state index contributed by atoms with van der Waals surface area (Å²) in [5.41, 5.74) is 2.36. The van der Waals surface area contributed by atoms with E-state index in [1.54, 1.807) is 26.6 Å². The summed E-state index contributed by atoms with van der Waals surface area (Å²) < 4.78 is 15.0. The Labute approximate surface area is 200 Å². The van der Waals surface area contributed by atoms with E-state index in [-0.39, 0.29) is 23.5 Å². The Morgan fingerprint density at radius 2 is 1.53 bits per heavy atom. The Bertz CT molecular complexity index is 1310. The number of rotatable bonds is 4. The molecule has 0 atom stereocenters. The molecule has 0 N–H and O–H groups in total. The molecule has 0 radical (unpaired) electrons. The van der Waals surface area contributed by atoms with Crippen molar-refractivity contribution < 1.29 is 14.0 Å². The zero-order valence-corrected chi connectivity index (χ0v) is 19.3. The molecule has 0 spiro atoms. The highest BCUT2D eigenvalue weighted by atomic mass is 32.1. The van der Waals surface area contributed by atoms with Crippen LogP contribution >= 0.6 is 11.3 Å². The Morgan fingerprint density at radius 1 is 0.882 bits per heavy atom. The van der Waals surface area contributed by atoms with Gasteiger partial charge < -0.3 is 9.80 Å². The summed E-state index contributed by atoms with van der Waals surface area (Å²) in [7, 11) is 0. The first-order valence-corrected chi connectivity index (χ1v) is 11.8. The van der Waals surface area contributed by atoms with Crippen LogP contribution in [-0.2, 0) is 0 Å². The summed E-state index contributed by atoms with van der Waals surface area (Å²) in [6.45, 7) is 3.66. The van der Waals surface area contributed by atoms with Crippen LogP contribution in [0.25, 0.3) is 16.4 Å². The number of carbonyl (C=O) groups is 2. The van der Waals surface area contributed by atoms with Crippen molar-refractivity contribution in [2.75, 3.05) is 26.2 Å². The predicted molar refractivity (Wildman–Crippen MR) is 128 cm³/mol. The second-order valence-corrected chi connectivity index (χ2v) is 9.02. The van der Waals surface area contributed by atoms with Crippen LogP contribution in [-0.4, -0.2) is 62.6 Å². The van der Waals surface area contributed by atoms with Crippen molar-refractivity contribution in [3.8, 4) is 16.4 Å². The molecular weight excluding hydrogens is 453 g/mol. The van der Waals surface area contributed by atoms with E-state index in [0.717, 1.165) is 10.4 Å². The fraction of sp³-hybridized carbons (Fsp3) is 0.200. The van der Waals surface area contributed by atoms with Crippen LogP contribution in [0.1, 0.15) is 26.5 Å². The molecule has 5 rings (SSSR count). The van der Waals surface area contributed by atoms with Crippen LogP contribution in [0, 0.1) is 12.7 Å². The smallest absolute Gasteiger partial charge is 0.293 e. The monoisotopic (exact) mass is 475 g/mol. The molecule has 1 aliphatic rings. The molecule has 0 saturated carbocycles. The summed E-state index contributed by atoms with van der Waals surface area (Å²) in [6.07, 6.45) is 0. The first kappa shape index (κ1) is 22.0. The molecule has 3 heterocycles. The van der Waals surface area contributed by atoms with E-state index in [1.807, 2.05) is 48.7 Å². The third-order valence-electron chi connectivity index (χ3n) is 5.76. The number of thiophene rings is 1.